The van der Waals surface area contributed by atoms with Gasteiger partial charge < -0.3 is 9.30 Å². The van der Waals surface area contributed by atoms with Crippen molar-refractivity contribution >= 4 is 5.97 Å². The third-order valence-corrected chi connectivity index (χ3v) is 2.47. The number of imidazole rings is 1. The molecule has 4 nitrogen and oxygen atoms in total. The number of aromatic nitrogens is 2. The van der Waals surface area contributed by atoms with E-state index in [-0.39, 0.29) is 11.5 Å². The van der Waals surface area contributed by atoms with E-state index < -0.39 is 50.3 Å². The Morgan fingerprint density at radius 1 is 2.00 bits per heavy atom. The van der Waals surface area contributed by atoms with Gasteiger partial charge in [-0.2, -0.15) is 0 Å². The van der Waals surface area contributed by atoms with Gasteiger partial charge in [0.05, 0.1) is 16.6 Å². The Hall–Kier alpha value is -1.32. The smallest absolute Gasteiger partial charge is 0.309 e. The standard InChI is InChI=1S/C12H18N2O2/c1-4-11-9(7-16-12(11)15)5-10-6-13-8(2)14(10)3/h6,9,11H,4-5,7H2,1-3H3/t9-,11-/m0/s1/i3D3,4D2,6D,7D2,11D. The summed E-state index contributed by atoms with van der Waals surface area (Å²) in [6, 6.07) is 0. The maximum absolute atomic E-state index is 12.1. The third-order valence-electron chi connectivity index (χ3n) is 2.47. The van der Waals surface area contributed by atoms with Crippen LogP contribution in [-0.2, 0) is 22.9 Å². The van der Waals surface area contributed by atoms with E-state index in [4.69, 9.17) is 12.3 Å². The van der Waals surface area contributed by atoms with Gasteiger partial charge in [0.15, 0.2) is 0 Å². The Kier molecular flexibility index (Phi) is 1.21. The fourth-order valence-corrected chi connectivity index (χ4v) is 1.57. The van der Waals surface area contributed by atoms with Crippen LogP contribution in [0.2, 0.25) is 0 Å². The Morgan fingerprint density at radius 2 is 2.81 bits per heavy atom. The predicted molar refractivity (Wildman–Crippen MR) is 59.9 cm³/mol. The molecule has 1 saturated heterocycles. The second-order valence-corrected chi connectivity index (χ2v) is 3.48. The normalized spacial score (nSPS) is 42.5. The van der Waals surface area contributed by atoms with Crippen molar-refractivity contribution in [1.29, 1.82) is 0 Å². The van der Waals surface area contributed by atoms with Gasteiger partial charge in [0.1, 0.15) is 5.82 Å². The van der Waals surface area contributed by atoms with Crippen molar-refractivity contribution in [3.05, 3.63) is 17.7 Å². The highest BCUT2D eigenvalue weighted by molar-refractivity contribution is 5.74. The number of carbonyl (C=O) groups excluding carboxylic acids is 1. The highest BCUT2D eigenvalue weighted by atomic mass is 16.5. The van der Waals surface area contributed by atoms with Gasteiger partial charge in [0.2, 0.25) is 0 Å². The largest absolute Gasteiger partial charge is 0.465 e. The summed E-state index contributed by atoms with van der Waals surface area (Å²) < 4.78 is 75.5. The average Bonchev–Trinajstić information content (AvgIpc) is 2.74. The SMILES string of the molecule is [2H]c1nc(C)n(C([2H])([2H])[2H])c1C[C@H]1C([2H])([2H])OC(=O)[C@@]1([2H])C([2H])([2H])C. The monoisotopic (exact) mass is 231 g/mol. The van der Waals surface area contributed by atoms with Crippen LogP contribution >= 0.6 is 0 Å². The van der Waals surface area contributed by atoms with Crippen LogP contribution in [0.25, 0.3) is 0 Å². The van der Waals surface area contributed by atoms with E-state index >= 15 is 0 Å². The van der Waals surface area contributed by atoms with Crippen molar-refractivity contribution in [3.63, 3.8) is 0 Å². The van der Waals surface area contributed by atoms with Crippen LogP contribution in [0.4, 0.5) is 0 Å². The molecule has 0 amide bonds. The van der Waals surface area contributed by atoms with E-state index in [2.05, 4.69) is 9.72 Å². The number of aryl methyl sites for hydroxylation is 1. The first kappa shape index (κ1) is 4.51. The van der Waals surface area contributed by atoms with Gasteiger partial charge >= 0.3 is 5.97 Å². The van der Waals surface area contributed by atoms with E-state index in [1.807, 2.05) is 0 Å². The highest BCUT2D eigenvalue weighted by Crippen LogP contribution is 2.28. The van der Waals surface area contributed by atoms with Crippen LogP contribution in [0.5, 0.6) is 0 Å². The molecule has 16 heavy (non-hydrogen) atoms. The topological polar surface area (TPSA) is 44.1 Å². The number of hydrogen-bond acceptors (Lipinski definition) is 3. The number of carbonyl (C=O) groups is 1. The molecular formula is C12H18N2O2. The molecule has 0 aliphatic carbocycles. The van der Waals surface area contributed by atoms with Gasteiger partial charge in [-0.15, -0.1) is 0 Å². The third kappa shape index (κ3) is 1.84. The lowest BCUT2D eigenvalue weighted by molar-refractivity contribution is -0.141. The number of hydrogen-bond donors (Lipinski definition) is 0. The lowest BCUT2D eigenvalue weighted by Gasteiger charge is -2.13. The second-order valence-electron chi connectivity index (χ2n) is 3.48. The van der Waals surface area contributed by atoms with Crippen LogP contribution in [0.1, 0.15) is 37.2 Å². The van der Waals surface area contributed by atoms with Gasteiger partial charge in [0, 0.05) is 33.0 Å². The molecule has 88 valence electrons. The summed E-state index contributed by atoms with van der Waals surface area (Å²) in [5.74, 6) is -5.62. The molecule has 1 aromatic heterocycles. The molecule has 1 aromatic rings. The fourth-order valence-electron chi connectivity index (χ4n) is 1.57. The Bertz CT molecular complexity index is 707. The molecule has 2 atom stereocenters. The maximum Gasteiger partial charge on any atom is 0.309 e. The minimum atomic E-state index is -2.70. The van der Waals surface area contributed by atoms with Gasteiger partial charge in [-0.3, -0.25) is 4.79 Å². The summed E-state index contributed by atoms with van der Waals surface area (Å²) in [5.41, 5.74) is -0.203. The van der Waals surface area contributed by atoms with E-state index in [0.717, 1.165) is 11.5 Å². The molecule has 0 aromatic carbocycles. The average molecular weight is 231 g/mol. The molecule has 0 bridgehead atoms. The summed E-state index contributed by atoms with van der Waals surface area (Å²) in [6.07, 6.45) is -3.45. The predicted octanol–water partition coefficient (Wildman–Crippen LogP) is 1.47. The van der Waals surface area contributed by atoms with Crippen LogP contribution in [-0.4, -0.2) is 22.1 Å². The minimum Gasteiger partial charge on any atom is -0.465 e. The van der Waals surface area contributed by atoms with Crippen molar-refractivity contribution in [3.8, 4) is 0 Å². The molecular weight excluding hydrogens is 204 g/mol. The van der Waals surface area contributed by atoms with E-state index in [1.165, 1.54) is 6.92 Å². The Labute approximate surface area is 108 Å². The maximum atomic E-state index is 12.1. The van der Waals surface area contributed by atoms with E-state index in [0.29, 0.717) is 0 Å². The van der Waals surface area contributed by atoms with E-state index in [9.17, 15) is 4.79 Å². The van der Waals surface area contributed by atoms with Crippen molar-refractivity contribution in [1.82, 2.24) is 9.55 Å². The molecule has 1 aliphatic rings. The molecule has 0 N–H and O–H groups in total. The van der Waals surface area contributed by atoms with Crippen LogP contribution in [0, 0.1) is 18.7 Å². The molecule has 0 unspecified atom stereocenters. The number of ether oxygens (including phenoxy) is 1. The molecule has 1 fully saturated rings. The molecule has 4 heteroatoms. The van der Waals surface area contributed by atoms with Crippen molar-refractivity contribution in [2.45, 2.75) is 26.6 Å². The second kappa shape index (κ2) is 4.28. The minimum absolute atomic E-state index is 0.000826. The molecule has 0 spiro atoms. The van der Waals surface area contributed by atoms with Gasteiger partial charge in [-0.25, -0.2) is 4.98 Å². The first-order chi connectivity index (χ1) is 11.0. The first-order valence-electron chi connectivity index (χ1n) is 9.32. The van der Waals surface area contributed by atoms with Crippen LogP contribution < -0.4 is 0 Å². The number of rotatable bonds is 3. The Balaban J connectivity index is 2.61. The van der Waals surface area contributed by atoms with Gasteiger partial charge in [-0.1, -0.05) is 6.92 Å². The lowest BCUT2D eigenvalue weighted by atomic mass is 9.89. The van der Waals surface area contributed by atoms with Crippen molar-refractivity contribution in [2.75, 3.05) is 6.56 Å². The molecule has 0 saturated carbocycles. The van der Waals surface area contributed by atoms with Gasteiger partial charge in [0.25, 0.3) is 0 Å². The molecule has 2 heterocycles. The number of esters is 1. The molecule has 0 radical (unpaired) electrons. The zero-order valence-corrected chi connectivity index (χ0v) is 9.00. The zero-order chi connectivity index (χ0) is 19.6. The summed E-state index contributed by atoms with van der Waals surface area (Å²) in [4.78, 5) is 15.8. The highest BCUT2D eigenvalue weighted by Gasteiger charge is 2.35. The van der Waals surface area contributed by atoms with Crippen molar-refractivity contribution in [2.24, 2.45) is 18.8 Å². The fraction of sp³-hybridized carbons (Fsp3) is 0.667. The zero-order valence-electron chi connectivity index (χ0n) is 18.0. The van der Waals surface area contributed by atoms with Crippen LogP contribution in [0.3, 0.4) is 0 Å². The summed E-state index contributed by atoms with van der Waals surface area (Å²) in [6.45, 7) is -3.06. The summed E-state index contributed by atoms with van der Waals surface area (Å²) >= 11 is 0. The summed E-state index contributed by atoms with van der Waals surface area (Å²) in [5, 5.41) is 0. The van der Waals surface area contributed by atoms with E-state index in [1.54, 1.807) is 0 Å². The quantitative estimate of drug-likeness (QED) is 0.740. The summed E-state index contributed by atoms with van der Waals surface area (Å²) in [7, 11) is 0. The van der Waals surface area contributed by atoms with Crippen molar-refractivity contribution < 1.29 is 21.9 Å². The lowest BCUT2D eigenvalue weighted by Crippen LogP contribution is -2.18. The number of cyclic esters (lactones) is 1. The van der Waals surface area contributed by atoms with Crippen LogP contribution in [0.15, 0.2) is 6.17 Å². The van der Waals surface area contributed by atoms with Gasteiger partial charge in [-0.05, 0) is 19.7 Å². The first-order valence-corrected chi connectivity index (χ1v) is 4.82. The Morgan fingerprint density at radius 3 is 3.50 bits per heavy atom. The number of nitrogens with zero attached hydrogens (tertiary/aromatic N) is 2. The molecule has 1 aliphatic heterocycles. The molecule has 2 rings (SSSR count).